The van der Waals surface area contributed by atoms with Crippen molar-refractivity contribution in [3.05, 3.63) is 42.1 Å². The van der Waals surface area contributed by atoms with Gasteiger partial charge >= 0.3 is 5.97 Å². The highest BCUT2D eigenvalue weighted by atomic mass is 16.7. The summed E-state index contributed by atoms with van der Waals surface area (Å²) >= 11 is 0. The minimum absolute atomic E-state index is 0.218. The molecule has 8 nitrogen and oxygen atoms in total. The molecule has 0 amide bonds. The molecule has 4 atom stereocenters. The van der Waals surface area contributed by atoms with E-state index in [4.69, 9.17) is 18.9 Å². The molecule has 1 saturated heterocycles. The average Bonchev–Trinajstić information content (AvgIpc) is 3.39. The third kappa shape index (κ3) is 3.52. The number of carbonyl (C=O) groups excluding carboxylic acids is 1. The molecule has 1 N–H and O–H groups in total. The van der Waals surface area contributed by atoms with Gasteiger partial charge in [-0.3, -0.25) is 0 Å². The predicted octanol–water partition coefficient (Wildman–Crippen LogP) is 2.25. The molecule has 0 spiro atoms. The maximum Gasteiger partial charge on any atom is 0.356 e. The van der Waals surface area contributed by atoms with Crippen LogP contribution in [0.4, 0.5) is 5.82 Å². The first-order valence-corrected chi connectivity index (χ1v) is 10.2. The third-order valence-corrected chi connectivity index (χ3v) is 6.17. The fraction of sp³-hybridized carbons (Fsp3) is 0.455. The van der Waals surface area contributed by atoms with Gasteiger partial charge in [-0.2, -0.15) is 0 Å². The maximum atomic E-state index is 11.8. The number of aliphatic hydroxyl groups is 1. The molecule has 5 rings (SSSR count). The van der Waals surface area contributed by atoms with Crippen molar-refractivity contribution in [2.24, 2.45) is 11.8 Å². The Hall–Kier alpha value is -3.00. The zero-order chi connectivity index (χ0) is 20.7. The van der Waals surface area contributed by atoms with Gasteiger partial charge in [-0.15, -0.1) is 0 Å². The molecule has 2 aromatic rings. The van der Waals surface area contributed by atoms with Crippen molar-refractivity contribution in [3.63, 3.8) is 0 Å². The molecule has 0 unspecified atom stereocenters. The predicted molar refractivity (Wildman–Crippen MR) is 107 cm³/mol. The van der Waals surface area contributed by atoms with Crippen LogP contribution in [0.3, 0.4) is 0 Å². The molecule has 2 aliphatic heterocycles. The molecule has 3 heterocycles. The van der Waals surface area contributed by atoms with Crippen LogP contribution in [0.5, 0.6) is 17.2 Å². The van der Waals surface area contributed by atoms with E-state index < -0.39 is 12.1 Å². The second-order valence-corrected chi connectivity index (χ2v) is 8.01. The average molecular weight is 412 g/mol. The smallest absolute Gasteiger partial charge is 0.356 e. The normalized spacial score (nSPS) is 26.9. The summed E-state index contributed by atoms with van der Waals surface area (Å²) in [5.41, 5.74) is 0.300. The van der Waals surface area contributed by atoms with E-state index in [0.717, 1.165) is 25.3 Å². The highest BCUT2D eigenvalue weighted by molar-refractivity contribution is 5.87. The second-order valence-electron chi connectivity index (χ2n) is 8.01. The van der Waals surface area contributed by atoms with Crippen LogP contribution in [0, 0.1) is 11.8 Å². The van der Waals surface area contributed by atoms with Crippen molar-refractivity contribution in [1.29, 1.82) is 0 Å². The summed E-state index contributed by atoms with van der Waals surface area (Å²) in [4.78, 5) is 18.4. The number of anilines is 1. The summed E-state index contributed by atoms with van der Waals surface area (Å²) in [6.07, 6.45) is 0.618. The van der Waals surface area contributed by atoms with Gasteiger partial charge in [0.25, 0.3) is 0 Å². The van der Waals surface area contributed by atoms with Gasteiger partial charge in [-0.1, -0.05) is 6.07 Å². The lowest BCUT2D eigenvalue weighted by Crippen LogP contribution is -2.42. The van der Waals surface area contributed by atoms with E-state index in [2.05, 4.69) is 9.88 Å². The number of benzene rings is 1. The van der Waals surface area contributed by atoms with Gasteiger partial charge in [0.05, 0.1) is 13.2 Å². The quantitative estimate of drug-likeness (QED) is 0.765. The molecule has 0 radical (unpaired) electrons. The molecular weight excluding hydrogens is 388 g/mol. The number of rotatable bonds is 4. The molecular formula is C22H24N2O6. The minimum Gasteiger partial charge on any atom is -0.488 e. The lowest BCUT2D eigenvalue weighted by atomic mass is 9.78. The van der Waals surface area contributed by atoms with E-state index in [1.165, 1.54) is 7.11 Å². The number of carbonyl (C=O) groups is 1. The van der Waals surface area contributed by atoms with Crippen LogP contribution in [0.2, 0.25) is 0 Å². The van der Waals surface area contributed by atoms with Crippen molar-refractivity contribution in [1.82, 2.24) is 4.98 Å². The Balaban J connectivity index is 1.27. The zero-order valence-electron chi connectivity index (χ0n) is 16.7. The number of aromatic nitrogens is 1. The topological polar surface area (TPSA) is 90.4 Å². The lowest BCUT2D eigenvalue weighted by Gasteiger charge is -2.35. The Labute approximate surface area is 174 Å². The Morgan fingerprint density at radius 3 is 2.77 bits per heavy atom. The largest absolute Gasteiger partial charge is 0.488 e. The number of pyridine rings is 1. The van der Waals surface area contributed by atoms with Crippen LogP contribution < -0.4 is 19.1 Å². The fourth-order valence-corrected chi connectivity index (χ4v) is 4.65. The van der Waals surface area contributed by atoms with Crippen LogP contribution in [0.25, 0.3) is 0 Å². The highest BCUT2D eigenvalue weighted by Gasteiger charge is 2.43. The number of ether oxygens (including phenoxy) is 4. The first-order valence-electron chi connectivity index (χ1n) is 10.2. The zero-order valence-corrected chi connectivity index (χ0v) is 16.7. The Bertz CT molecular complexity index is 951. The van der Waals surface area contributed by atoms with Crippen LogP contribution in [0.15, 0.2) is 36.4 Å². The van der Waals surface area contributed by atoms with E-state index in [0.29, 0.717) is 41.2 Å². The summed E-state index contributed by atoms with van der Waals surface area (Å²) in [6, 6.07) is 10.8. The summed E-state index contributed by atoms with van der Waals surface area (Å²) < 4.78 is 21.6. The van der Waals surface area contributed by atoms with E-state index in [1.54, 1.807) is 6.07 Å². The summed E-state index contributed by atoms with van der Waals surface area (Å²) in [5.74, 6) is 3.11. The summed E-state index contributed by atoms with van der Waals surface area (Å²) in [6.45, 7) is 1.84. The van der Waals surface area contributed by atoms with Crippen molar-refractivity contribution in [2.45, 2.75) is 25.0 Å². The van der Waals surface area contributed by atoms with E-state index in [9.17, 15) is 9.90 Å². The standard InChI is InChI=1S/C22H24N2O6/c1-27-22(26)16-3-2-4-21(23-16)24-10-13-7-17(25)19(8-14(13)11-24)30-15-5-6-18-20(9-15)29-12-28-18/h2-6,9,13-14,17,19,25H,7-8,10-12H2,1H3/t13-,14+,17+,19+/m0/s1. The molecule has 8 heteroatoms. The Kier molecular flexibility index (Phi) is 4.86. The maximum absolute atomic E-state index is 11.8. The van der Waals surface area contributed by atoms with Gasteiger partial charge in [0, 0.05) is 19.2 Å². The van der Waals surface area contributed by atoms with Gasteiger partial charge < -0.3 is 29.0 Å². The first kappa shape index (κ1) is 19.0. The van der Waals surface area contributed by atoms with Gasteiger partial charge in [-0.25, -0.2) is 9.78 Å². The number of esters is 1. The van der Waals surface area contributed by atoms with Gasteiger partial charge in [0.2, 0.25) is 6.79 Å². The molecule has 1 aromatic carbocycles. The molecule has 1 aliphatic carbocycles. The second kappa shape index (κ2) is 7.68. The molecule has 0 bridgehead atoms. The number of fused-ring (bicyclic) bond motifs is 2. The third-order valence-electron chi connectivity index (χ3n) is 6.17. The summed E-state index contributed by atoms with van der Waals surface area (Å²) in [5, 5.41) is 10.7. The lowest BCUT2D eigenvalue weighted by molar-refractivity contribution is -0.0232. The van der Waals surface area contributed by atoms with Crippen LogP contribution in [0.1, 0.15) is 23.3 Å². The Morgan fingerprint density at radius 2 is 1.93 bits per heavy atom. The van der Waals surface area contributed by atoms with Crippen molar-refractivity contribution < 1.29 is 28.8 Å². The highest BCUT2D eigenvalue weighted by Crippen LogP contribution is 2.41. The van der Waals surface area contributed by atoms with Crippen LogP contribution in [-0.2, 0) is 4.74 Å². The number of hydrogen-bond donors (Lipinski definition) is 1. The van der Waals surface area contributed by atoms with E-state index in [1.807, 2.05) is 30.3 Å². The van der Waals surface area contributed by atoms with Crippen molar-refractivity contribution >= 4 is 11.8 Å². The van der Waals surface area contributed by atoms with Gasteiger partial charge in [0.15, 0.2) is 17.2 Å². The van der Waals surface area contributed by atoms with E-state index in [-0.39, 0.29) is 12.9 Å². The van der Waals surface area contributed by atoms with Crippen LogP contribution >= 0.6 is 0 Å². The molecule has 1 aromatic heterocycles. The number of hydrogen-bond acceptors (Lipinski definition) is 8. The molecule has 30 heavy (non-hydrogen) atoms. The van der Waals surface area contributed by atoms with Crippen LogP contribution in [-0.4, -0.2) is 55.3 Å². The number of aliphatic hydroxyl groups excluding tert-OH is 1. The Morgan fingerprint density at radius 1 is 1.13 bits per heavy atom. The van der Waals surface area contributed by atoms with Crippen molar-refractivity contribution in [2.75, 3.05) is 31.9 Å². The SMILES string of the molecule is COC(=O)c1cccc(N2C[C@H]3C[C@@H](Oc4ccc5c(c4)OCO5)[C@H](O)C[C@H]3C2)n1. The summed E-state index contributed by atoms with van der Waals surface area (Å²) in [7, 11) is 1.35. The molecule has 2 fully saturated rings. The van der Waals surface area contributed by atoms with E-state index >= 15 is 0 Å². The molecule has 1 saturated carbocycles. The monoisotopic (exact) mass is 412 g/mol. The minimum atomic E-state index is -0.536. The first-order chi connectivity index (χ1) is 14.6. The fourth-order valence-electron chi connectivity index (χ4n) is 4.65. The molecule has 158 valence electrons. The van der Waals surface area contributed by atoms with Gasteiger partial charge in [-0.05, 0) is 48.9 Å². The number of nitrogens with zero attached hydrogens (tertiary/aromatic N) is 2. The van der Waals surface area contributed by atoms with Crippen molar-refractivity contribution in [3.8, 4) is 17.2 Å². The molecule has 3 aliphatic rings. The van der Waals surface area contributed by atoms with Gasteiger partial charge in [0.1, 0.15) is 17.7 Å². The number of methoxy groups -OCH3 is 1.